The van der Waals surface area contributed by atoms with Gasteiger partial charge in [0.25, 0.3) is 0 Å². The van der Waals surface area contributed by atoms with E-state index in [1.807, 2.05) is 36.4 Å². The number of nitrogens with one attached hydrogen (secondary N) is 12. The van der Waals surface area contributed by atoms with Gasteiger partial charge in [0.2, 0.25) is 82.7 Å². The predicted molar refractivity (Wildman–Crippen MR) is 398 cm³/mol. The van der Waals surface area contributed by atoms with Crippen LogP contribution in [0.2, 0.25) is 5.02 Å². The van der Waals surface area contributed by atoms with Crippen molar-refractivity contribution in [1.29, 1.82) is 0 Å². The van der Waals surface area contributed by atoms with E-state index in [2.05, 4.69) is 73.8 Å². The first kappa shape index (κ1) is 82.1. The molecule has 3 aliphatic rings. The van der Waals surface area contributed by atoms with Crippen LogP contribution in [0.15, 0.2) is 127 Å². The summed E-state index contributed by atoms with van der Waals surface area (Å²) in [6.07, 6.45) is -0.0532. The number of amides is 14. The molecule has 4 aromatic carbocycles. The highest BCUT2D eigenvalue weighted by molar-refractivity contribution is 6.30. The van der Waals surface area contributed by atoms with Crippen molar-refractivity contribution >= 4 is 111 Å². The maximum atomic E-state index is 15.4. The Hall–Kier alpha value is -11.6. The van der Waals surface area contributed by atoms with Gasteiger partial charge in [-0.3, -0.25) is 77.1 Å². The molecule has 32 nitrogen and oxygen atoms in total. The summed E-state index contributed by atoms with van der Waals surface area (Å²) in [4.78, 5) is 214. The van der Waals surface area contributed by atoms with E-state index < -0.39 is 175 Å². The van der Waals surface area contributed by atoms with Crippen molar-refractivity contribution in [3.8, 4) is 0 Å². The third-order valence-corrected chi connectivity index (χ3v) is 18.7. The van der Waals surface area contributed by atoms with E-state index in [-0.39, 0.29) is 102 Å². The zero-order chi connectivity index (χ0) is 78.0. The highest BCUT2D eigenvalue weighted by Gasteiger charge is 2.42. The highest BCUT2D eigenvalue weighted by Crippen LogP contribution is 2.23. The number of aliphatic imine (C=N–C) groups is 1. The second kappa shape index (κ2) is 40.2. The number of nitrogens with two attached hydrogens (primary N) is 3. The summed E-state index contributed by atoms with van der Waals surface area (Å²) >= 11 is 6.28. The first-order valence-electron chi connectivity index (χ1n) is 36.0. The summed E-state index contributed by atoms with van der Waals surface area (Å²) in [5.74, 6) is -13.5. The first-order valence-corrected chi connectivity index (χ1v) is 36.4. The van der Waals surface area contributed by atoms with Gasteiger partial charge in [0.05, 0.1) is 6.42 Å². The number of nitrogens with zero attached hydrogens (tertiary/aromatic N) is 3. The molecule has 14 amide bonds. The van der Waals surface area contributed by atoms with E-state index in [1.165, 1.54) is 24.2 Å². The quantitative estimate of drug-likeness (QED) is 0.0168. The molecule has 576 valence electrons. The molecule has 5 aromatic rings. The lowest BCUT2D eigenvalue weighted by Crippen LogP contribution is -2.61. The molecule has 3 aliphatic heterocycles. The Kier molecular flexibility index (Phi) is 30.6. The van der Waals surface area contributed by atoms with Crippen molar-refractivity contribution in [2.24, 2.45) is 28.1 Å². The molecule has 0 spiro atoms. The Bertz CT molecular complexity index is 4090. The van der Waals surface area contributed by atoms with E-state index in [9.17, 15) is 47.9 Å². The molecule has 33 heteroatoms. The van der Waals surface area contributed by atoms with Crippen molar-refractivity contribution in [2.75, 3.05) is 26.2 Å². The summed E-state index contributed by atoms with van der Waals surface area (Å²) in [5, 5.41) is 34.1. The van der Waals surface area contributed by atoms with Crippen molar-refractivity contribution in [2.45, 2.75) is 177 Å². The number of benzene rings is 4. The number of carbonyl (C=O) groups is 14. The number of hydrogen-bond donors (Lipinski definition) is 15. The molecular weight excluding hydrogens is 1410 g/mol. The molecule has 3 fully saturated rings. The van der Waals surface area contributed by atoms with Crippen molar-refractivity contribution in [1.82, 2.24) is 73.7 Å². The minimum Gasteiger partial charge on any atom is -0.370 e. The molecule has 4 heterocycles. The molecule has 0 aliphatic carbocycles. The second-order valence-corrected chi connectivity index (χ2v) is 27.9. The second-order valence-electron chi connectivity index (χ2n) is 27.5. The molecule has 3 saturated heterocycles. The molecule has 8 rings (SSSR count). The number of fused-ring (bicyclic) bond motifs is 11. The fourth-order valence-electron chi connectivity index (χ4n) is 12.9. The van der Waals surface area contributed by atoms with Gasteiger partial charge in [0.1, 0.15) is 66.5 Å². The van der Waals surface area contributed by atoms with Crippen LogP contribution in [0.1, 0.15) is 107 Å². The Morgan fingerprint density at radius 1 is 0.593 bits per heavy atom. The van der Waals surface area contributed by atoms with Crippen molar-refractivity contribution < 1.29 is 67.1 Å². The molecule has 0 unspecified atom stereocenters. The molecule has 1 aromatic heterocycles. The van der Waals surface area contributed by atoms with E-state index >= 15 is 19.2 Å². The number of hydrogen-bond acceptors (Lipinski definition) is 16. The van der Waals surface area contributed by atoms with Gasteiger partial charge in [-0.2, -0.15) is 0 Å². The lowest BCUT2D eigenvalue weighted by atomic mass is 9.99. The molecule has 108 heavy (non-hydrogen) atoms. The van der Waals surface area contributed by atoms with Crippen LogP contribution in [-0.4, -0.2) is 191 Å². The van der Waals surface area contributed by atoms with Crippen molar-refractivity contribution in [3.63, 3.8) is 0 Å². The molecule has 18 N–H and O–H groups in total. The molecule has 0 saturated carbocycles. The number of guanidine groups is 1. The van der Waals surface area contributed by atoms with Crippen molar-refractivity contribution in [3.05, 3.63) is 149 Å². The van der Waals surface area contributed by atoms with E-state index in [0.717, 1.165) is 10.8 Å². The lowest BCUT2D eigenvalue weighted by molar-refractivity contribution is -0.142. The Morgan fingerprint density at radius 3 is 1.92 bits per heavy atom. The topological polar surface area (TPSA) is 490 Å². The van der Waals surface area contributed by atoms with Crippen LogP contribution < -0.4 is 81.0 Å². The third-order valence-electron chi connectivity index (χ3n) is 18.5. The average molecular weight is 1510 g/mol. The van der Waals surface area contributed by atoms with Gasteiger partial charge >= 0.3 is 0 Å². The Balaban J connectivity index is 1.20. The number of halogens is 1. The minimum atomic E-state index is -2.08. The number of pyridine rings is 1. The zero-order valence-electron chi connectivity index (χ0n) is 60.4. The lowest BCUT2D eigenvalue weighted by Gasteiger charge is -2.31. The van der Waals surface area contributed by atoms with Crippen LogP contribution in [0, 0.1) is 5.92 Å². The van der Waals surface area contributed by atoms with Crippen LogP contribution in [-0.2, 0) is 92.8 Å². The number of primary amides is 1. The maximum absolute atomic E-state index is 15.4. The van der Waals surface area contributed by atoms with E-state index in [1.54, 1.807) is 86.6 Å². The van der Waals surface area contributed by atoms with Gasteiger partial charge in [-0.05, 0) is 109 Å². The smallest absolute Gasteiger partial charge is 0.245 e. The Labute approximate surface area is 629 Å². The van der Waals surface area contributed by atoms with Gasteiger partial charge < -0.3 is 85.9 Å². The molecule has 0 radical (unpaired) electrons. The maximum Gasteiger partial charge on any atom is 0.245 e. The van der Waals surface area contributed by atoms with Gasteiger partial charge in [0.15, 0.2) is 5.96 Å². The van der Waals surface area contributed by atoms with Crippen LogP contribution >= 0.6 is 11.6 Å². The average Bonchev–Trinajstić information content (AvgIpc) is 1.61. The number of rotatable bonds is 22. The summed E-state index contributed by atoms with van der Waals surface area (Å²) < 4.78 is 0. The molecular formula is C75H95ClN18O14. The fourth-order valence-corrected chi connectivity index (χ4v) is 13.0. The zero-order valence-corrected chi connectivity index (χ0v) is 61.1. The standard InChI is InChI=1S/C75H95ClN18O14/c1-42(2)33-54-68(102)88-53-19-11-30-81-65(99)55(35-44-13-5-4-6-14-44)85-62(96)28-27-52(67(101)86-51(66(100)89-54)18-10-31-82-75(78)79)87-72(106)59(39-63(97)83-41-60(64(77)98)93-73(107)61-20-12-32-94(61)74(53)108)92-71(105)58(38-47-15-9-29-80-40-47)91-70(104)57(36-45-22-25-50(76)26-23-45)90-69(103)56(84-43(3)95)37-46-21-24-48-16-7-8-17-49(48)34-46/h4-9,13-17,21-26,29,34,40,42,51-61H,10-12,18-20,27-28,30-33,35-39,41H2,1-3H3,(H2,77,98)(H,81,99)(H,83,97)(H,84,95)(H,85,96)(H,86,101)(H,87,106)(H,88,102)(H,89,100)(H,90,103)(H,91,104)(H,92,105)(H,93,107)(H4,78,79,82)/t51-,52+,53+,54+,55+,56-,57-,58-,59+,60+,61+/m1/s1. The number of carbonyl (C=O) groups excluding carboxylic acids is 14. The third kappa shape index (κ3) is 25.3. The fraction of sp³-hybridized carbons (Fsp3) is 0.440. The normalized spacial score (nSPS) is 21.9. The summed E-state index contributed by atoms with van der Waals surface area (Å²) in [6, 6.07) is 14.2. The van der Waals surface area contributed by atoms with E-state index in [4.69, 9.17) is 28.8 Å². The predicted octanol–water partition coefficient (Wildman–Crippen LogP) is -1.19. The summed E-state index contributed by atoms with van der Waals surface area (Å²) in [5.41, 5.74) is 19.3. The first-order chi connectivity index (χ1) is 51.7. The van der Waals surface area contributed by atoms with Gasteiger partial charge in [-0.1, -0.05) is 116 Å². The van der Waals surface area contributed by atoms with Crippen LogP contribution in [0.4, 0.5) is 0 Å². The van der Waals surface area contributed by atoms with Gasteiger partial charge in [-0.15, -0.1) is 0 Å². The molecule has 11 atom stereocenters. The van der Waals surface area contributed by atoms with Crippen LogP contribution in [0.3, 0.4) is 0 Å². The summed E-state index contributed by atoms with van der Waals surface area (Å²) in [7, 11) is 0. The monoisotopic (exact) mass is 1510 g/mol. The number of aromatic nitrogens is 1. The van der Waals surface area contributed by atoms with E-state index in [0.29, 0.717) is 27.3 Å². The molecule has 2 bridgehead atoms. The SMILES string of the molecule is CC(=O)N[C@H](Cc1ccc2ccccc2c1)C(=O)N[C@H](Cc1ccc(Cl)cc1)C(=O)N[C@H](Cc1cccnc1)C(=O)N[C@H]1CC(=O)NC[C@@H](C(N)=O)NC(=O)[C@@H]2CCCN2C(=O)[C@@H]2CCCNC(=O)[C@H](Cc3ccccc3)NC(=O)CC[C@H](NC1=O)C(=O)N[C@H](CCCN=C(N)N)C(=O)N[C@@H](CC(C)C)C(=O)N2. The largest absolute Gasteiger partial charge is 0.370 e. The van der Waals surface area contributed by atoms with Gasteiger partial charge in [-0.25, -0.2) is 0 Å². The van der Waals surface area contributed by atoms with Gasteiger partial charge in [0, 0.05) is 82.6 Å². The summed E-state index contributed by atoms with van der Waals surface area (Å²) in [6.45, 7) is 3.86. The van der Waals surface area contributed by atoms with Crippen LogP contribution in [0.5, 0.6) is 0 Å². The highest BCUT2D eigenvalue weighted by atomic mass is 35.5. The minimum absolute atomic E-state index is 0.0105. The Morgan fingerprint density at radius 2 is 1.23 bits per heavy atom. The van der Waals surface area contributed by atoms with Crippen LogP contribution in [0.25, 0.3) is 10.8 Å².